The first-order chi connectivity index (χ1) is 14.2. The van der Waals surface area contributed by atoms with Crippen molar-refractivity contribution < 1.29 is 19.4 Å². The minimum absolute atomic E-state index is 0.222. The SMILES string of the molecule is O=C(O)CCCN(CCOc1ccc(Oc2nc3ccccc3s2)cc1)C1CC1. The molecule has 6 nitrogen and oxygen atoms in total. The highest BCUT2D eigenvalue weighted by Crippen LogP contribution is 2.31. The van der Waals surface area contributed by atoms with E-state index in [0.29, 0.717) is 24.3 Å². The largest absolute Gasteiger partial charge is 0.492 e. The van der Waals surface area contributed by atoms with Gasteiger partial charge in [-0.15, -0.1) is 0 Å². The zero-order chi connectivity index (χ0) is 20.1. The number of benzene rings is 2. The smallest absolute Gasteiger partial charge is 0.303 e. The van der Waals surface area contributed by atoms with Crippen molar-refractivity contribution in [1.29, 1.82) is 0 Å². The summed E-state index contributed by atoms with van der Waals surface area (Å²) >= 11 is 1.52. The van der Waals surface area contributed by atoms with E-state index in [1.165, 1.54) is 24.2 Å². The zero-order valence-electron chi connectivity index (χ0n) is 16.1. The Morgan fingerprint density at radius 3 is 2.59 bits per heavy atom. The molecule has 152 valence electrons. The molecule has 1 aliphatic rings. The summed E-state index contributed by atoms with van der Waals surface area (Å²) in [7, 11) is 0. The summed E-state index contributed by atoms with van der Waals surface area (Å²) in [5.41, 5.74) is 0.941. The lowest BCUT2D eigenvalue weighted by atomic mass is 10.3. The van der Waals surface area contributed by atoms with Gasteiger partial charge in [-0.1, -0.05) is 23.5 Å². The van der Waals surface area contributed by atoms with Gasteiger partial charge in [-0.2, -0.15) is 0 Å². The third-order valence-corrected chi connectivity index (χ3v) is 5.76. The van der Waals surface area contributed by atoms with Crippen LogP contribution in [-0.2, 0) is 4.79 Å². The van der Waals surface area contributed by atoms with E-state index >= 15 is 0 Å². The molecule has 29 heavy (non-hydrogen) atoms. The number of hydrogen-bond donors (Lipinski definition) is 1. The Morgan fingerprint density at radius 1 is 1.10 bits per heavy atom. The van der Waals surface area contributed by atoms with Gasteiger partial charge in [0.1, 0.15) is 18.1 Å². The van der Waals surface area contributed by atoms with Crippen LogP contribution in [0.4, 0.5) is 0 Å². The predicted octanol–water partition coefficient (Wildman–Crippen LogP) is 4.80. The lowest BCUT2D eigenvalue weighted by Gasteiger charge is -2.21. The third kappa shape index (κ3) is 5.68. The van der Waals surface area contributed by atoms with Crippen LogP contribution in [0.3, 0.4) is 0 Å². The average molecular weight is 413 g/mol. The van der Waals surface area contributed by atoms with Crippen LogP contribution < -0.4 is 9.47 Å². The normalized spacial score (nSPS) is 13.7. The molecule has 0 aliphatic heterocycles. The molecule has 1 aliphatic carbocycles. The fraction of sp³-hybridized carbons (Fsp3) is 0.364. The molecule has 0 atom stereocenters. The summed E-state index contributed by atoms with van der Waals surface area (Å²) in [6.45, 7) is 2.21. The number of hydrogen-bond acceptors (Lipinski definition) is 6. The summed E-state index contributed by atoms with van der Waals surface area (Å²) in [6, 6.07) is 16.1. The molecule has 1 aromatic heterocycles. The Bertz CT molecular complexity index is 920. The highest BCUT2D eigenvalue weighted by Gasteiger charge is 2.28. The monoisotopic (exact) mass is 412 g/mol. The van der Waals surface area contributed by atoms with Crippen LogP contribution in [0.25, 0.3) is 10.2 Å². The zero-order valence-corrected chi connectivity index (χ0v) is 16.9. The number of thiazole rings is 1. The number of fused-ring (bicyclic) bond motifs is 1. The van der Waals surface area contributed by atoms with Crippen molar-refractivity contribution in [1.82, 2.24) is 9.88 Å². The van der Waals surface area contributed by atoms with E-state index in [2.05, 4.69) is 9.88 Å². The van der Waals surface area contributed by atoms with Gasteiger partial charge in [0, 0.05) is 19.0 Å². The van der Waals surface area contributed by atoms with Crippen molar-refractivity contribution in [2.45, 2.75) is 31.7 Å². The highest BCUT2D eigenvalue weighted by molar-refractivity contribution is 7.20. The number of aromatic nitrogens is 1. The highest BCUT2D eigenvalue weighted by atomic mass is 32.1. The standard InChI is InChI=1S/C22H24N2O4S/c25-21(26)6-3-13-24(16-7-8-16)14-15-27-17-9-11-18(12-10-17)28-22-23-19-4-1-2-5-20(19)29-22/h1-2,4-5,9-12,16H,3,6-8,13-15H2,(H,25,26). The Kier molecular flexibility index (Phi) is 6.27. The van der Waals surface area contributed by atoms with Crippen LogP contribution in [0.1, 0.15) is 25.7 Å². The van der Waals surface area contributed by atoms with Gasteiger partial charge in [0.05, 0.1) is 10.2 Å². The summed E-state index contributed by atoms with van der Waals surface area (Å²) in [5.74, 6) is 0.790. The van der Waals surface area contributed by atoms with E-state index < -0.39 is 5.97 Å². The number of carboxylic acid groups (broad SMARTS) is 1. The van der Waals surface area contributed by atoms with E-state index in [4.69, 9.17) is 14.6 Å². The van der Waals surface area contributed by atoms with Crippen molar-refractivity contribution in [3.05, 3.63) is 48.5 Å². The molecule has 0 saturated heterocycles. The van der Waals surface area contributed by atoms with Gasteiger partial charge < -0.3 is 14.6 Å². The second-order valence-corrected chi connectivity index (χ2v) is 8.13. The number of aliphatic carboxylic acids is 1. The van der Waals surface area contributed by atoms with Gasteiger partial charge in [0.25, 0.3) is 5.19 Å². The summed E-state index contributed by atoms with van der Waals surface area (Å²) in [5, 5.41) is 9.43. The topological polar surface area (TPSA) is 71.9 Å². The van der Waals surface area contributed by atoms with Gasteiger partial charge >= 0.3 is 5.97 Å². The molecule has 7 heteroatoms. The first-order valence-electron chi connectivity index (χ1n) is 9.89. The predicted molar refractivity (Wildman–Crippen MR) is 113 cm³/mol. The molecule has 4 rings (SSSR count). The quantitative estimate of drug-likeness (QED) is 0.488. The van der Waals surface area contributed by atoms with Gasteiger partial charge in [-0.05, 0) is 62.2 Å². The van der Waals surface area contributed by atoms with E-state index in [1.54, 1.807) is 0 Å². The molecular formula is C22H24N2O4S. The van der Waals surface area contributed by atoms with Crippen molar-refractivity contribution in [3.63, 3.8) is 0 Å². The first kappa shape index (κ1) is 19.7. The summed E-state index contributed by atoms with van der Waals surface area (Å²) < 4.78 is 12.8. The van der Waals surface area contributed by atoms with Crippen LogP contribution >= 0.6 is 11.3 Å². The van der Waals surface area contributed by atoms with Gasteiger partial charge in [-0.3, -0.25) is 9.69 Å². The Balaban J connectivity index is 1.25. The summed E-state index contributed by atoms with van der Waals surface area (Å²) in [4.78, 5) is 17.5. The Morgan fingerprint density at radius 2 is 1.86 bits per heavy atom. The van der Waals surface area contributed by atoms with Crippen LogP contribution in [0.15, 0.2) is 48.5 Å². The third-order valence-electron chi connectivity index (χ3n) is 4.85. The number of nitrogens with zero attached hydrogens (tertiary/aromatic N) is 2. The molecule has 0 bridgehead atoms. The van der Waals surface area contributed by atoms with Crippen LogP contribution in [0.5, 0.6) is 16.7 Å². The summed E-state index contributed by atoms with van der Waals surface area (Å²) in [6.07, 6.45) is 3.31. The van der Waals surface area contributed by atoms with Crippen molar-refractivity contribution in [2.24, 2.45) is 0 Å². The van der Waals surface area contributed by atoms with E-state index in [1.807, 2.05) is 48.5 Å². The maximum Gasteiger partial charge on any atom is 0.303 e. The van der Waals surface area contributed by atoms with E-state index in [-0.39, 0.29) is 6.42 Å². The molecule has 1 heterocycles. The lowest BCUT2D eigenvalue weighted by Crippen LogP contribution is -2.31. The van der Waals surface area contributed by atoms with Crippen molar-refractivity contribution in [2.75, 3.05) is 19.7 Å². The minimum atomic E-state index is -0.731. The number of carbonyl (C=O) groups is 1. The fourth-order valence-corrected chi connectivity index (χ4v) is 4.07. The average Bonchev–Trinajstić information content (AvgIpc) is 3.47. The Hall–Kier alpha value is -2.64. The molecule has 2 aromatic carbocycles. The second kappa shape index (κ2) is 9.24. The molecular weight excluding hydrogens is 388 g/mol. The van der Waals surface area contributed by atoms with Crippen LogP contribution in [-0.4, -0.2) is 46.7 Å². The van der Waals surface area contributed by atoms with Gasteiger partial charge in [0.2, 0.25) is 0 Å². The van der Waals surface area contributed by atoms with Crippen molar-refractivity contribution in [3.8, 4) is 16.7 Å². The lowest BCUT2D eigenvalue weighted by molar-refractivity contribution is -0.137. The molecule has 1 saturated carbocycles. The fourth-order valence-electron chi connectivity index (χ4n) is 3.23. The molecule has 0 unspecified atom stereocenters. The van der Waals surface area contributed by atoms with Crippen LogP contribution in [0.2, 0.25) is 0 Å². The maximum atomic E-state index is 10.7. The minimum Gasteiger partial charge on any atom is -0.492 e. The molecule has 0 radical (unpaired) electrons. The number of carboxylic acids is 1. The van der Waals surface area contributed by atoms with E-state index in [0.717, 1.165) is 34.8 Å². The van der Waals surface area contributed by atoms with Gasteiger partial charge in [-0.25, -0.2) is 4.98 Å². The van der Waals surface area contributed by atoms with Crippen LogP contribution in [0, 0.1) is 0 Å². The van der Waals surface area contributed by atoms with Crippen molar-refractivity contribution >= 4 is 27.5 Å². The molecule has 0 amide bonds. The number of para-hydroxylation sites is 1. The number of ether oxygens (including phenoxy) is 2. The molecule has 0 spiro atoms. The molecule has 3 aromatic rings. The molecule has 1 fully saturated rings. The van der Waals surface area contributed by atoms with E-state index in [9.17, 15) is 4.79 Å². The Labute approximate surface area is 173 Å². The number of rotatable bonds is 11. The first-order valence-corrected chi connectivity index (χ1v) is 10.7. The second-order valence-electron chi connectivity index (χ2n) is 7.13. The van der Waals surface area contributed by atoms with Gasteiger partial charge in [0.15, 0.2) is 0 Å². The molecule has 1 N–H and O–H groups in total. The maximum absolute atomic E-state index is 10.7.